The number of hydrogen-bond donors (Lipinski definition) is 1. The van der Waals surface area contributed by atoms with E-state index in [1.807, 2.05) is 14.0 Å². The quantitative estimate of drug-likeness (QED) is 0.860. The Hall–Kier alpha value is -0.610. The molecule has 136 valence electrons. The van der Waals surface area contributed by atoms with Crippen LogP contribution in [0.4, 0.5) is 0 Å². The lowest BCUT2D eigenvalue weighted by atomic mass is 9.52. The zero-order chi connectivity index (χ0) is 17.3. The van der Waals surface area contributed by atoms with Crippen molar-refractivity contribution in [3.8, 4) is 0 Å². The fourth-order valence-electron chi connectivity index (χ4n) is 6.78. The van der Waals surface area contributed by atoms with Crippen molar-refractivity contribution in [1.29, 1.82) is 0 Å². The van der Waals surface area contributed by atoms with E-state index in [1.54, 1.807) is 0 Å². The lowest BCUT2D eigenvalue weighted by Gasteiger charge is -2.61. The highest BCUT2D eigenvalue weighted by molar-refractivity contribution is 5.89. The van der Waals surface area contributed by atoms with Crippen LogP contribution in [-0.2, 0) is 9.53 Å². The van der Waals surface area contributed by atoms with Gasteiger partial charge in [0.25, 0.3) is 0 Å². The molecule has 5 rings (SSSR count). The summed E-state index contributed by atoms with van der Waals surface area (Å²) in [6.45, 7) is 6.89. The number of amides is 1. The molecular formula is C20H34N2O2. The summed E-state index contributed by atoms with van der Waals surface area (Å²) in [7, 11) is 2.02. The van der Waals surface area contributed by atoms with Gasteiger partial charge >= 0.3 is 0 Å². The third-order valence-electron chi connectivity index (χ3n) is 8.16. The number of nitrogens with zero attached hydrogens (tertiary/aromatic N) is 1. The average Bonchev–Trinajstić information content (AvgIpc) is 2.52. The van der Waals surface area contributed by atoms with Crippen molar-refractivity contribution in [3.63, 3.8) is 0 Å². The summed E-state index contributed by atoms with van der Waals surface area (Å²) in [4.78, 5) is 15.4. The Bertz CT molecular complexity index is 504. The van der Waals surface area contributed by atoms with Crippen molar-refractivity contribution in [2.24, 2.45) is 34.8 Å². The van der Waals surface area contributed by atoms with E-state index in [-0.39, 0.29) is 17.4 Å². The maximum atomic E-state index is 13.4. The number of hydrogen-bond acceptors (Lipinski definition) is 3. The summed E-state index contributed by atoms with van der Waals surface area (Å²) >= 11 is 0. The van der Waals surface area contributed by atoms with Crippen LogP contribution in [0.3, 0.4) is 0 Å². The number of carbonyl (C=O) groups excluding carboxylic acids is 1. The van der Waals surface area contributed by atoms with Gasteiger partial charge in [-0.15, -0.1) is 0 Å². The van der Waals surface area contributed by atoms with Crippen LogP contribution >= 0.6 is 0 Å². The standard InChI is InChI=1S/C20H34N2O2/c1-5-24-16-11-20(21,19(16,2)3)18(23)22(4)17-14-7-12-6-13(9-14)10-15(17)8-12/h12-17H,5-11,21H2,1-4H3. The van der Waals surface area contributed by atoms with Gasteiger partial charge in [-0.1, -0.05) is 13.8 Å². The van der Waals surface area contributed by atoms with E-state index in [0.717, 1.165) is 11.8 Å². The fraction of sp³-hybridized carbons (Fsp3) is 0.950. The molecule has 2 atom stereocenters. The molecule has 0 aliphatic heterocycles. The first-order chi connectivity index (χ1) is 11.3. The van der Waals surface area contributed by atoms with Gasteiger partial charge in [0.05, 0.1) is 6.10 Å². The second-order valence-corrected chi connectivity index (χ2v) is 9.68. The molecule has 4 nitrogen and oxygen atoms in total. The SMILES string of the molecule is CCOC1CC(N)(C(=O)N(C)C2C3CC4CC(C3)CC2C4)C1(C)C. The van der Waals surface area contributed by atoms with Crippen LogP contribution in [-0.4, -0.2) is 42.1 Å². The summed E-state index contributed by atoms with van der Waals surface area (Å²) < 4.78 is 5.81. The molecule has 2 unspecified atom stereocenters. The molecule has 5 saturated carbocycles. The normalized spacial score (nSPS) is 48.2. The molecule has 0 radical (unpaired) electrons. The Morgan fingerprint density at radius 2 is 1.67 bits per heavy atom. The van der Waals surface area contributed by atoms with Crippen LogP contribution < -0.4 is 5.73 Å². The van der Waals surface area contributed by atoms with Gasteiger partial charge in [0.2, 0.25) is 5.91 Å². The number of rotatable bonds is 4. The molecule has 0 aromatic carbocycles. The second kappa shape index (κ2) is 5.44. The van der Waals surface area contributed by atoms with Gasteiger partial charge in [-0.2, -0.15) is 0 Å². The largest absolute Gasteiger partial charge is 0.378 e. The third kappa shape index (κ3) is 2.14. The minimum absolute atomic E-state index is 0.100. The van der Waals surface area contributed by atoms with Crippen LogP contribution in [0.1, 0.15) is 59.3 Å². The van der Waals surface area contributed by atoms with E-state index in [1.165, 1.54) is 32.1 Å². The van der Waals surface area contributed by atoms with Gasteiger partial charge in [0, 0.05) is 31.5 Å². The van der Waals surface area contributed by atoms with Crippen molar-refractivity contribution < 1.29 is 9.53 Å². The zero-order valence-corrected chi connectivity index (χ0v) is 15.8. The predicted molar refractivity (Wildman–Crippen MR) is 94.3 cm³/mol. The Kier molecular flexibility index (Phi) is 3.82. The summed E-state index contributed by atoms with van der Waals surface area (Å²) in [6.07, 6.45) is 7.53. The molecule has 0 aromatic rings. The molecule has 0 saturated heterocycles. The van der Waals surface area contributed by atoms with Crippen molar-refractivity contribution in [2.75, 3.05) is 13.7 Å². The zero-order valence-electron chi connectivity index (χ0n) is 15.8. The van der Waals surface area contributed by atoms with Gasteiger partial charge < -0.3 is 15.4 Å². The topological polar surface area (TPSA) is 55.6 Å². The van der Waals surface area contributed by atoms with Crippen LogP contribution in [0.15, 0.2) is 0 Å². The Morgan fingerprint density at radius 3 is 2.12 bits per heavy atom. The monoisotopic (exact) mass is 334 g/mol. The molecule has 0 heterocycles. The number of carbonyl (C=O) groups is 1. The third-order valence-corrected chi connectivity index (χ3v) is 8.16. The molecule has 1 amide bonds. The Balaban J connectivity index is 1.51. The van der Waals surface area contributed by atoms with Crippen LogP contribution in [0.5, 0.6) is 0 Å². The molecule has 4 bridgehead atoms. The lowest BCUT2D eigenvalue weighted by molar-refractivity contribution is -0.185. The van der Waals surface area contributed by atoms with E-state index in [9.17, 15) is 4.79 Å². The van der Waals surface area contributed by atoms with E-state index in [2.05, 4.69) is 18.7 Å². The summed E-state index contributed by atoms with van der Waals surface area (Å²) in [5, 5.41) is 0. The first kappa shape index (κ1) is 16.8. The summed E-state index contributed by atoms with van der Waals surface area (Å²) in [5.74, 6) is 3.44. The maximum absolute atomic E-state index is 13.4. The Morgan fingerprint density at radius 1 is 1.12 bits per heavy atom. The highest BCUT2D eigenvalue weighted by Gasteiger charge is 2.64. The molecule has 5 aliphatic carbocycles. The van der Waals surface area contributed by atoms with Crippen molar-refractivity contribution in [2.45, 2.75) is 77.0 Å². The van der Waals surface area contributed by atoms with Crippen molar-refractivity contribution in [1.82, 2.24) is 4.90 Å². The molecule has 24 heavy (non-hydrogen) atoms. The number of nitrogens with two attached hydrogens (primary N) is 1. The maximum Gasteiger partial charge on any atom is 0.243 e. The molecule has 5 fully saturated rings. The highest BCUT2D eigenvalue weighted by atomic mass is 16.5. The number of likely N-dealkylation sites (N-methyl/N-ethyl adjacent to an activating group) is 1. The van der Waals surface area contributed by atoms with Gasteiger partial charge in [-0.3, -0.25) is 4.79 Å². The van der Waals surface area contributed by atoms with Crippen molar-refractivity contribution >= 4 is 5.91 Å². The predicted octanol–water partition coefficient (Wildman–Crippen LogP) is 2.80. The van der Waals surface area contributed by atoms with Gasteiger partial charge in [0.1, 0.15) is 5.54 Å². The first-order valence-corrected chi connectivity index (χ1v) is 9.95. The molecule has 5 aliphatic rings. The summed E-state index contributed by atoms with van der Waals surface area (Å²) in [6, 6.07) is 0.424. The van der Waals surface area contributed by atoms with Gasteiger partial charge in [-0.05, 0) is 62.7 Å². The molecule has 4 heteroatoms. The second-order valence-electron chi connectivity index (χ2n) is 9.68. The highest BCUT2D eigenvalue weighted by Crippen LogP contribution is 2.56. The molecule has 0 aromatic heterocycles. The minimum atomic E-state index is -0.768. The van der Waals surface area contributed by atoms with Crippen LogP contribution in [0.2, 0.25) is 0 Å². The fourth-order valence-corrected chi connectivity index (χ4v) is 6.78. The van der Waals surface area contributed by atoms with Crippen molar-refractivity contribution in [3.05, 3.63) is 0 Å². The van der Waals surface area contributed by atoms with Crippen LogP contribution in [0.25, 0.3) is 0 Å². The molecule has 0 spiro atoms. The van der Waals surface area contributed by atoms with Gasteiger partial charge in [-0.25, -0.2) is 0 Å². The summed E-state index contributed by atoms with van der Waals surface area (Å²) in [5.41, 5.74) is 5.61. The average molecular weight is 335 g/mol. The Labute approximate surface area is 146 Å². The van der Waals surface area contributed by atoms with E-state index in [0.29, 0.717) is 30.9 Å². The van der Waals surface area contributed by atoms with E-state index >= 15 is 0 Å². The van der Waals surface area contributed by atoms with Crippen LogP contribution in [0, 0.1) is 29.1 Å². The van der Waals surface area contributed by atoms with E-state index < -0.39 is 5.54 Å². The minimum Gasteiger partial charge on any atom is -0.378 e. The molecular weight excluding hydrogens is 300 g/mol. The smallest absolute Gasteiger partial charge is 0.243 e. The van der Waals surface area contributed by atoms with E-state index in [4.69, 9.17) is 10.5 Å². The molecule has 2 N–H and O–H groups in total. The number of ether oxygens (including phenoxy) is 1. The first-order valence-electron chi connectivity index (χ1n) is 9.95. The lowest BCUT2D eigenvalue weighted by Crippen LogP contribution is -2.77. The van der Waals surface area contributed by atoms with Gasteiger partial charge in [0.15, 0.2) is 0 Å².